The standard InChI is InChI=1S/C30H33NO11/c32-20-9-6-18(14-22(20)34)4-3-5-26(37)41-25-17-30(40,29(39)31-12-1-2-13-31)16-24(36)28(25)42-27(38)11-8-19-7-10-21(33)23(35)15-19/h3,5-11,14-15,24-25,28,32-36,40H,1-2,4,12-13,16-17H2/t24-,25-,28-,30+/m1/s1. The summed E-state index contributed by atoms with van der Waals surface area (Å²) in [5, 5.41) is 60.3. The van der Waals surface area contributed by atoms with E-state index in [-0.39, 0.29) is 23.7 Å². The molecule has 224 valence electrons. The fourth-order valence-corrected chi connectivity index (χ4v) is 5.05. The van der Waals surface area contributed by atoms with Crippen molar-refractivity contribution in [1.82, 2.24) is 4.90 Å². The summed E-state index contributed by atoms with van der Waals surface area (Å²) >= 11 is 0. The molecule has 0 spiro atoms. The molecule has 0 bridgehead atoms. The highest BCUT2D eigenvalue weighted by Crippen LogP contribution is 2.35. The summed E-state index contributed by atoms with van der Waals surface area (Å²) in [6.07, 6.45) is 1.39. The van der Waals surface area contributed by atoms with Gasteiger partial charge in [0.2, 0.25) is 0 Å². The van der Waals surface area contributed by atoms with Crippen LogP contribution in [0.1, 0.15) is 36.8 Å². The quantitative estimate of drug-likeness (QED) is 0.150. The van der Waals surface area contributed by atoms with Gasteiger partial charge in [0.1, 0.15) is 11.7 Å². The first-order chi connectivity index (χ1) is 19.9. The predicted molar refractivity (Wildman–Crippen MR) is 147 cm³/mol. The molecule has 2 fully saturated rings. The highest BCUT2D eigenvalue weighted by Gasteiger charge is 2.53. The first-order valence-corrected chi connectivity index (χ1v) is 13.4. The molecule has 1 saturated carbocycles. The van der Waals surface area contributed by atoms with E-state index in [0.717, 1.165) is 25.0 Å². The Kier molecular flexibility index (Phi) is 9.38. The molecule has 12 nitrogen and oxygen atoms in total. The number of benzene rings is 2. The number of aliphatic hydroxyl groups is 2. The minimum absolute atomic E-state index is 0.198. The summed E-state index contributed by atoms with van der Waals surface area (Å²) < 4.78 is 10.9. The van der Waals surface area contributed by atoms with E-state index in [4.69, 9.17) is 9.47 Å². The van der Waals surface area contributed by atoms with Crippen LogP contribution in [0.3, 0.4) is 0 Å². The fourth-order valence-electron chi connectivity index (χ4n) is 5.05. The third-order valence-electron chi connectivity index (χ3n) is 7.20. The lowest BCUT2D eigenvalue weighted by atomic mass is 9.78. The maximum Gasteiger partial charge on any atom is 0.331 e. The molecule has 0 aromatic heterocycles. The van der Waals surface area contributed by atoms with Crippen molar-refractivity contribution in [3.63, 3.8) is 0 Å². The van der Waals surface area contributed by atoms with E-state index in [1.165, 1.54) is 47.4 Å². The van der Waals surface area contributed by atoms with Gasteiger partial charge in [-0.1, -0.05) is 18.2 Å². The van der Waals surface area contributed by atoms with Crippen LogP contribution < -0.4 is 0 Å². The lowest BCUT2D eigenvalue weighted by Gasteiger charge is -2.43. The Morgan fingerprint density at radius 2 is 1.50 bits per heavy atom. The Balaban J connectivity index is 1.48. The summed E-state index contributed by atoms with van der Waals surface area (Å²) in [5.74, 6) is -3.74. The summed E-state index contributed by atoms with van der Waals surface area (Å²) in [6.45, 7) is 0.903. The van der Waals surface area contributed by atoms with Crippen LogP contribution in [-0.2, 0) is 30.3 Å². The predicted octanol–water partition coefficient (Wildman–Crippen LogP) is 1.65. The molecular formula is C30H33NO11. The molecule has 0 unspecified atom stereocenters. The average Bonchev–Trinajstić information content (AvgIpc) is 3.48. The zero-order valence-electron chi connectivity index (χ0n) is 22.6. The number of phenolic OH excluding ortho intramolecular Hbond substituents is 4. The molecular weight excluding hydrogens is 550 g/mol. The molecule has 4 rings (SSSR count). The fraction of sp³-hybridized carbons (Fsp3) is 0.367. The Hall–Kier alpha value is -4.55. The number of hydrogen-bond donors (Lipinski definition) is 6. The van der Waals surface area contributed by atoms with Gasteiger partial charge in [-0.3, -0.25) is 4.79 Å². The molecule has 1 saturated heterocycles. The molecule has 6 N–H and O–H groups in total. The number of hydrogen-bond acceptors (Lipinski definition) is 11. The van der Waals surface area contributed by atoms with E-state index >= 15 is 0 Å². The molecule has 1 aliphatic carbocycles. The molecule has 4 atom stereocenters. The second-order valence-corrected chi connectivity index (χ2v) is 10.4. The third-order valence-corrected chi connectivity index (χ3v) is 7.20. The van der Waals surface area contributed by atoms with Crippen LogP contribution in [0.5, 0.6) is 23.0 Å². The van der Waals surface area contributed by atoms with Crippen molar-refractivity contribution in [2.75, 3.05) is 13.1 Å². The number of nitrogens with zero attached hydrogens (tertiary/aromatic N) is 1. The highest BCUT2D eigenvalue weighted by molar-refractivity contribution is 5.88. The smallest absolute Gasteiger partial charge is 0.331 e. The number of esters is 2. The lowest BCUT2D eigenvalue weighted by Crippen LogP contribution is -2.60. The van der Waals surface area contributed by atoms with Crippen LogP contribution >= 0.6 is 0 Å². The van der Waals surface area contributed by atoms with Crippen LogP contribution in [0.2, 0.25) is 0 Å². The third kappa shape index (κ3) is 7.39. The van der Waals surface area contributed by atoms with E-state index in [0.29, 0.717) is 24.2 Å². The van der Waals surface area contributed by atoms with Crippen molar-refractivity contribution in [2.24, 2.45) is 0 Å². The molecule has 2 aliphatic rings. The number of carbonyl (C=O) groups is 3. The molecule has 2 aromatic rings. The van der Waals surface area contributed by atoms with E-state index in [9.17, 15) is 45.0 Å². The van der Waals surface area contributed by atoms with E-state index in [1.54, 1.807) is 6.07 Å². The van der Waals surface area contributed by atoms with Gasteiger partial charge in [-0.25, -0.2) is 9.59 Å². The summed E-state index contributed by atoms with van der Waals surface area (Å²) in [7, 11) is 0. The molecule has 12 heteroatoms. The summed E-state index contributed by atoms with van der Waals surface area (Å²) in [4.78, 5) is 40.0. The number of likely N-dealkylation sites (tertiary alicyclic amines) is 1. The molecule has 2 aromatic carbocycles. The SMILES string of the molecule is O=C(C=Cc1ccc(O)c(O)c1)O[C@@H]1[C@H](O)C[C@@](O)(C(=O)N2CCCC2)C[C@H]1OC(=O)C=CCc1ccc(O)c(O)c1. The zero-order chi connectivity index (χ0) is 30.4. The van der Waals surface area contributed by atoms with Crippen LogP contribution in [0.25, 0.3) is 6.08 Å². The van der Waals surface area contributed by atoms with E-state index in [2.05, 4.69) is 0 Å². The topological polar surface area (TPSA) is 194 Å². The maximum atomic E-state index is 13.1. The van der Waals surface area contributed by atoms with Gasteiger partial charge in [0.15, 0.2) is 29.1 Å². The zero-order valence-corrected chi connectivity index (χ0v) is 22.6. The number of carbonyl (C=O) groups excluding carboxylic acids is 3. The van der Waals surface area contributed by atoms with Crippen molar-refractivity contribution in [2.45, 2.75) is 56.0 Å². The summed E-state index contributed by atoms with van der Waals surface area (Å²) in [5.41, 5.74) is -1.09. The number of ether oxygens (including phenoxy) is 2. The van der Waals surface area contributed by atoms with Crippen LogP contribution in [-0.4, -0.2) is 90.4 Å². The highest BCUT2D eigenvalue weighted by atomic mass is 16.6. The second kappa shape index (κ2) is 13.0. The Bertz CT molecular complexity index is 1380. The van der Waals surface area contributed by atoms with Crippen molar-refractivity contribution in [1.29, 1.82) is 0 Å². The number of amides is 1. The molecule has 0 radical (unpaired) electrons. The lowest BCUT2D eigenvalue weighted by molar-refractivity contribution is -0.201. The number of phenols is 4. The van der Waals surface area contributed by atoms with Crippen LogP contribution in [0, 0.1) is 0 Å². The number of aliphatic hydroxyl groups excluding tert-OH is 1. The Labute approximate surface area is 241 Å². The van der Waals surface area contributed by atoms with Crippen molar-refractivity contribution < 1.29 is 54.5 Å². The van der Waals surface area contributed by atoms with E-state index < -0.39 is 60.3 Å². The van der Waals surface area contributed by atoms with Gasteiger partial charge in [0.05, 0.1) is 6.10 Å². The van der Waals surface area contributed by atoms with Gasteiger partial charge >= 0.3 is 11.9 Å². The Morgan fingerprint density at radius 3 is 2.17 bits per heavy atom. The van der Waals surface area contributed by atoms with Gasteiger partial charge < -0.3 is 45.0 Å². The van der Waals surface area contributed by atoms with Gasteiger partial charge in [-0.15, -0.1) is 0 Å². The molecule has 1 amide bonds. The monoisotopic (exact) mass is 583 g/mol. The van der Waals surface area contributed by atoms with Gasteiger partial charge in [0, 0.05) is 38.1 Å². The minimum atomic E-state index is -2.05. The van der Waals surface area contributed by atoms with Gasteiger partial charge in [-0.2, -0.15) is 0 Å². The van der Waals surface area contributed by atoms with Crippen molar-refractivity contribution >= 4 is 23.9 Å². The first-order valence-electron chi connectivity index (χ1n) is 13.4. The molecule has 1 aliphatic heterocycles. The Morgan fingerprint density at radius 1 is 0.857 bits per heavy atom. The van der Waals surface area contributed by atoms with Crippen molar-refractivity contribution in [3.05, 3.63) is 65.8 Å². The van der Waals surface area contributed by atoms with Crippen LogP contribution in [0.15, 0.2) is 54.6 Å². The normalized spacial score (nSPS) is 24.2. The van der Waals surface area contributed by atoms with Crippen LogP contribution in [0.4, 0.5) is 0 Å². The number of rotatable bonds is 8. The van der Waals surface area contributed by atoms with Gasteiger partial charge in [0.25, 0.3) is 5.91 Å². The largest absolute Gasteiger partial charge is 0.504 e. The minimum Gasteiger partial charge on any atom is -0.504 e. The second-order valence-electron chi connectivity index (χ2n) is 10.4. The van der Waals surface area contributed by atoms with Crippen molar-refractivity contribution in [3.8, 4) is 23.0 Å². The molecule has 1 heterocycles. The van der Waals surface area contributed by atoms with E-state index in [1.807, 2.05) is 0 Å². The molecule has 42 heavy (non-hydrogen) atoms. The maximum absolute atomic E-state index is 13.1. The van der Waals surface area contributed by atoms with Gasteiger partial charge in [-0.05, 0) is 60.7 Å². The number of aromatic hydroxyl groups is 4. The number of allylic oxidation sites excluding steroid dienone is 1. The summed E-state index contributed by atoms with van der Waals surface area (Å²) in [6, 6.07) is 8.07. The average molecular weight is 584 g/mol. The first kappa shape index (κ1) is 30.4.